The van der Waals surface area contributed by atoms with Crippen molar-refractivity contribution < 1.29 is 14.6 Å². The molecule has 21 heavy (non-hydrogen) atoms. The molecule has 0 saturated heterocycles. The van der Waals surface area contributed by atoms with Gasteiger partial charge in [0.1, 0.15) is 5.54 Å². The van der Waals surface area contributed by atoms with Crippen LogP contribution in [0.2, 0.25) is 5.28 Å². The highest BCUT2D eigenvalue weighted by molar-refractivity contribution is 6.28. The Balaban J connectivity index is 2.21. The van der Waals surface area contributed by atoms with Gasteiger partial charge in [0.05, 0.1) is 7.11 Å². The van der Waals surface area contributed by atoms with Crippen molar-refractivity contribution in [2.75, 3.05) is 12.4 Å². The van der Waals surface area contributed by atoms with Gasteiger partial charge < -0.3 is 15.2 Å². The number of halogens is 1. The molecule has 2 rings (SSSR count). The van der Waals surface area contributed by atoms with E-state index in [-0.39, 0.29) is 17.2 Å². The third-order valence-electron chi connectivity index (χ3n) is 4.07. The molecule has 1 saturated carbocycles. The fourth-order valence-corrected chi connectivity index (χ4v) is 2.82. The Kier molecular flexibility index (Phi) is 4.82. The summed E-state index contributed by atoms with van der Waals surface area (Å²) >= 11 is 5.79. The van der Waals surface area contributed by atoms with Crippen molar-refractivity contribution in [1.82, 2.24) is 15.0 Å². The third kappa shape index (κ3) is 3.53. The standard InChI is InChI=1S/C13H19ClN4O3/c1-3-8-4-6-13(7-5-8,9(19)20)18-11-15-10(14)16-12(17-11)21-2/h8H,3-7H2,1-2H3,(H,19,20)(H,15,16,17,18). The Morgan fingerprint density at radius 3 is 2.62 bits per heavy atom. The number of rotatable bonds is 5. The number of carbonyl (C=O) groups is 1. The van der Waals surface area contributed by atoms with Gasteiger partial charge in [-0.1, -0.05) is 13.3 Å². The Labute approximate surface area is 128 Å². The highest BCUT2D eigenvalue weighted by Crippen LogP contribution is 2.36. The van der Waals surface area contributed by atoms with Crippen LogP contribution in [-0.4, -0.2) is 38.7 Å². The number of carboxylic acid groups (broad SMARTS) is 1. The highest BCUT2D eigenvalue weighted by atomic mass is 35.5. The molecule has 0 bridgehead atoms. The monoisotopic (exact) mass is 314 g/mol. The number of ether oxygens (including phenoxy) is 1. The van der Waals surface area contributed by atoms with E-state index in [9.17, 15) is 9.90 Å². The Bertz CT molecular complexity index is 518. The molecular weight excluding hydrogens is 296 g/mol. The molecule has 1 aromatic heterocycles. The number of nitrogens with zero attached hydrogens (tertiary/aromatic N) is 3. The van der Waals surface area contributed by atoms with Crippen molar-refractivity contribution in [3.8, 4) is 6.01 Å². The number of methoxy groups -OCH3 is 1. The second-order valence-corrected chi connectivity index (χ2v) is 5.62. The smallest absolute Gasteiger partial charge is 0.329 e. The number of aromatic nitrogens is 3. The molecule has 1 heterocycles. The van der Waals surface area contributed by atoms with E-state index in [0.717, 1.165) is 19.3 Å². The van der Waals surface area contributed by atoms with Gasteiger partial charge in [-0.3, -0.25) is 0 Å². The summed E-state index contributed by atoms with van der Waals surface area (Å²) in [6, 6.07) is 0.0558. The summed E-state index contributed by atoms with van der Waals surface area (Å²) < 4.78 is 4.92. The summed E-state index contributed by atoms with van der Waals surface area (Å²) in [5.41, 5.74) is -1.05. The second-order valence-electron chi connectivity index (χ2n) is 5.28. The topological polar surface area (TPSA) is 97.2 Å². The van der Waals surface area contributed by atoms with Crippen molar-refractivity contribution in [3.05, 3.63) is 5.28 Å². The molecule has 7 nitrogen and oxygen atoms in total. The van der Waals surface area contributed by atoms with Gasteiger partial charge >= 0.3 is 12.0 Å². The molecule has 1 aromatic rings. The number of carboxylic acids is 1. The molecule has 0 unspecified atom stereocenters. The zero-order valence-corrected chi connectivity index (χ0v) is 12.9. The first-order valence-electron chi connectivity index (χ1n) is 6.96. The molecule has 0 atom stereocenters. The van der Waals surface area contributed by atoms with E-state index in [0.29, 0.717) is 18.8 Å². The van der Waals surface area contributed by atoms with Crippen molar-refractivity contribution in [2.45, 2.75) is 44.6 Å². The number of hydrogen-bond donors (Lipinski definition) is 2. The third-order valence-corrected chi connectivity index (χ3v) is 4.24. The van der Waals surface area contributed by atoms with Crippen LogP contribution in [0.15, 0.2) is 0 Å². The number of anilines is 1. The molecule has 0 amide bonds. The summed E-state index contributed by atoms with van der Waals surface area (Å²) in [7, 11) is 1.41. The molecule has 1 fully saturated rings. The van der Waals surface area contributed by atoms with Crippen LogP contribution in [0.1, 0.15) is 39.0 Å². The Morgan fingerprint density at radius 1 is 1.43 bits per heavy atom. The number of hydrogen-bond acceptors (Lipinski definition) is 6. The van der Waals surface area contributed by atoms with Gasteiger partial charge in [-0.2, -0.15) is 15.0 Å². The van der Waals surface area contributed by atoms with Crippen LogP contribution in [0, 0.1) is 5.92 Å². The number of aliphatic carboxylic acids is 1. The SMILES string of the molecule is CCC1CCC(Nc2nc(Cl)nc(OC)n2)(C(=O)O)CC1. The minimum absolute atomic E-state index is 0.0351. The minimum Gasteiger partial charge on any atom is -0.480 e. The van der Waals surface area contributed by atoms with Gasteiger partial charge in [0.2, 0.25) is 11.2 Å². The van der Waals surface area contributed by atoms with Crippen molar-refractivity contribution >= 4 is 23.5 Å². The zero-order chi connectivity index (χ0) is 15.5. The van der Waals surface area contributed by atoms with Crippen LogP contribution in [0.3, 0.4) is 0 Å². The fourth-order valence-electron chi connectivity index (χ4n) is 2.66. The average molecular weight is 315 g/mol. The summed E-state index contributed by atoms with van der Waals surface area (Å²) in [5, 5.41) is 12.5. The quantitative estimate of drug-likeness (QED) is 0.861. The largest absolute Gasteiger partial charge is 0.480 e. The molecule has 1 aliphatic rings. The van der Waals surface area contributed by atoms with Gasteiger partial charge in [-0.15, -0.1) is 0 Å². The van der Waals surface area contributed by atoms with Gasteiger partial charge in [0, 0.05) is 0 Å². The molecular formula is C13H19ClN4O3. The molecule has 0 radical (unpaired) electrons. The predicted molar refractivity (Wildman–Crippen MR) is 77.6 cm³/mol. The summed E-state index contributed by atoms with van der Waals surface area (Å²) in [6.45, 7) is 2.13. The van der Waals surface area contributed by atoms with Gasteiger partial charge in [-0.25, -0.2) is 4.79 Å². The van der Waals surface area contributed by atoms with E-state index in [1.54, 1.807) is 0 Å². The maximum atomic E-state index is 11.7. The Hall–Kier alpha value is -1.63. The summed E-state index contributed by atoms with van der Waals surface area (Å²) in [4.78, 5) is 23.4. The van der Waals surface area contributed by atoms with E-state index in [1.807, 2.05) is 0 Å². The molecule has 1 aliphatic carbocycles. The molecule has 0 spiro atoms. The fraction of sp³-hybridized carbons (Fsp3) is 0.692. The molecule has 2 N–H and O–H groups in total. The average Bonchev–Trinajstić information content (AvgIpc) is 2.47. The predicted octanol–water partition coefficient (Wildman–Crippen LogP) is 2.37. The van der Waals surface area contributed by atoms with Crippen LogP contribution >= 0.6 is 11.6 Å². The maximum Gasteiger partial charge on any atom is 0.329 e. The van der Waals surface area contributed by atoms with Crippen molar-refractivity contribution in [1.29, 1.82) is 0 Å². The first-order valence-corrected chi connectivity index (χ1v) is 7.34. The van der Waals surface area contributed by atoms with E-state index in [2.05, 4.69) is 27.2 Å². The van der Waals surface area contributed by atoms with Crippen molar-refractivity contribution in [3.63, 3.8) is 0 Å². The van der Waals surface area contributed by atoms with Crippen LogP contribution in [-0.2, 0) is 4.79 Å². The normalized spacial score (nSPS) is 25.4. The minimum atomic E-state index is -1.05. The summed E-state index contributed by atoms with van der Waals surface area (Å²) in [5.74, 6) is -0.187. The van der Waals surface area contributed by atoms with Crippen LogP contribution < -0.4 is 10.1 Å². The van der Waals surface area contributed by atoms with E-state index in [1.165, 1.54) is 7.11 Å². The zero-order valence-electron chi connectivity index (χ0n) is 12.1. The van der Waals surface area contributed by atoms with E-state index < -0.39 is 11.5 Å². The first-order chi connectivity index (χ1) is 9.99. The van der Waals surface area contributed by atoms with Gasteiger partial charge in [-0.05, 0) is 43.2 Å². The summed E-state index contributed by atoms with van der Waals surface area (Å²) in [6.07, 6.45) is 3.87. The molecule has 0 aliphatic heterocycles. The lowest BCUT2D eigenvalue weighted by Gasteiger charge is -2.37. The van der Waals surface area contributed by atoms with Gasteiger partial charge in [0.25, 0.3) is 0 Å². The van der Waals surface area contributed by atoms with E-state index >= 15 is 0 Å². The van der Waals surface area contributed by atoms with E-state index in [4.69, 9.17) is 16.3 Å². The lowest BCUT2D eigenvalue weighted by molar-refractivity contribution is -0.143. The first kappa shape index (κ1) is 15.8. The lowest BCUT2D eigenvalue weighted by Crippen LogP contribution is -2.49. The molecule has 8 heteroatoms. The highest BCUT2D eigenvalue weighted by Gasteiger charge is 2.42. The van der Waals surface area contributed by atoms with Crippen molar-refractivity contribution in [2.24, 2.45) is 5.92 Å². The number of nitrogens with one attached hydrogen (secondary N) is 1. The van der Waals surface area contributed by atoms with Gasteiger partial charge in [0.15, 0.2) is 0 Å². The van der Waals surface area contributed by atoms with Crippen LogP contribution in [0.4, 0.5) is 5.95 Å². The lowest BCUT2D eigenvalue weighted by atomic mass is 9.75. The second kappa shape index (κ2) is 6.43. The molecule has 116 valence electrons. The maximum absolute atomic E-state index is 11.7. The molecule has 0 aromatic carbocycles. The Morgan fingerprint density at radius 2 is 2.10 bits per heavy atom. The van der Waals surface area contributed by atoms with Crippen LogP contribution in [0.25, 0.3) is 0 Å². The van der Waals surface area contributed by atoms with Crippen LogP contribution in [0.5, 0.6) is 6.01 Å².